The van der Waals surface area contributed by atoms with Crippen molar-refractivity contribution in [3.63, 3.8) is 0 Å². The molecular weight excluding hydrogens is 314 g/mol. The summed E-state index contributed by atoms with van der Waals surface area (Å²) >= 11 is 9.68. The number of benzene rings is 1. The summed E-state index contributed by atoms with van der Waals surface area (Å²) in [6.07, 6.45) is 3.63. The number of amides is 1. The van der Waals surface area contributed by atoms with Crippen molar-refractivity contribution in [1.82, 2.24) is 5.32 Å². The first-order valence-corrected chi connectivity index (χ1v) is 7.55. The van der Waals surface area contributed by atoms with Gasteiger partial charge in [-0.05, 0) is 43.4 Å². The summed E-state index contributed by atoms with van der Waals surface area (Å²) in [6, 6.07) is 5.42. The largest absolute Gasteiger partial charge is 0.352 e. The molecule has 1 amide bonds. The van der Waals surface area contributed by atoms with Crippen molar-refractivity contribution in [2.24, 2.45) is 5.92 Å². The molecule has 2 unspecified atom stereocenters. The second kappa shape index (κ2) is 6.07. The molecule has 0 radical (unpaired) electrons. The fraction of sp³-hybridized carbons (Fsp3) is 0.500. The molecule has 1 N–H and O–H groups in total. The molecule has 2 rings (SSSR count). The molecule has 1 aromatic rings. The predicted molar refractivity (Wildman–Crippen MR) is 78.6 cm³/mol. The van der Waals surface area contributed by atoms with E-state index in [1.807, 2.05) is 19.1 Å². The maximum absolute atomic E-state index is 12.0. The lowest BCUT2D eigenvalue weighted by Gasteiger charge is -2.14. The van der Waals surface area contributed by atoms with Crippen molar-refractivity contribution in [2.75, 3.05) is 6.54 Å². The van der Waals surface area contributed by atoms with Crippen molar-refractivity contribution < 1.29 is 4.79 Å². The number of nitrogens with one attached hydrogen (secondary N) is 1. The lowest BCUT2D eigenvalue weighted by Crippen LogP contribution is -2.30. The van der Waals surface area contributed by atoms with Gasteiger partial charge in [-0.15, -0.1) is 0 Å². The van der Waals surface area contributed by atoms with E-state index in [0.29, 0.717) is 21.3 Å². The topological polar surface area (TPSA) is 29.1 Å². The quantitative estimate of drug-likeness (QED) is 0.836. The summed E-state index contributed by atoms with van der Waals surface area (Å²) in [4.78, 5) is 12.5. The van der Waals surface area contributed by atoms with E-state index < -0.39 is 0 Å². The van der Waals surface area contributed by atoms with Crippen LogP contribution < -0.4 is 5.32 Å². The number of halogens is 2. The van der Waals surface area contributed by atoms with Crippen LogP contribution in [0.2, 0.25) is 5.02 Å². The third-order valence-corrected chi connectivity index (χ3v) is 5.14. The van der Waals surface area contributed by atoms with Gasteiger partial charge < -0.3 is 5.32 Å². The lowest BCUT2D eigenvalue weighted by atomic mass is 10.1. The zero-order chi connectivity index (χ0) is 13.1. The highest BCUT2D eigenvalue weighted by Crippen LogP contribution is 2.30. The number of rotatable bonds is 3. The third-order valence-electron chi connectivity index (χ3n) is 3.53. The van der Waals surface area contributed by atoms with E-state index in [0.717, 1.165) is 12.1 Å². The Bertz CT molecular complexity index is 449. The maximum atomic E-state index is 12.0. The van der Waals surface area contributed by atoms with Gasteiger partial charge in [0.1, 0.15) is 0 Å². The van der Waals surface area contributed by atoms with E-state index >= 15 is 0 Å². The smallest absolute Gasteiger partial charge is 0.251 e. The van der Waals surface area contributed by atoms with Gasteiger partial charge in [0.05, 0.1) is 0 Å². The molecule has 0 saturated heterocycles. The highest BCUT2D eigenvalue weighted by molar-refractivity contribution is 9.09. The van der Waals surface area contributed by atoms with Crippen LogP contribution in [0.15, 0.2) is 18.2 Å². The van der Waals surface area contributed by atoms with E-state index in [-0.39, 0.29) is 5.91 Å². The first-order chi connectivity index (χ1) is 8.58. The lowest BCUT2D eigenvalue weighted by molar-refractivity contribution is 0.0948. The Labute approximate surface area is 121 Å². The summed E-state index contributed by atoms with van der Waals surface area (Å²) in [5.74, 6) is 0.512. The van der Waals surface area contributed by atoms with Crippen molar-refractivity contribution in [1.29, 1.82) is 0 Å². The molecule has 1 aliphatic rings. The molecule has 0 spiro atoms. The average Bonchev–Trinajstić information content (AvgIpc) is 2.75. The van der Waals surface area contributed by atoms with Gasteiger partial charge in [-0.2, -0.15) is 0 Å². The highest BCUT2D eigenvalue weighted by atomic mass is 79.9. The Kier molecular flexibility index (Phi) is 4.68. The molecule has 0 aromatic heterocycles. The Morgan fingerprint density at radius 3 is 2.89 bits per heavy atom. The van der Waals surface area contributed by atoms with Gasteiger partial charge in [0, 0.05) is 22.0 Å². The molecule has 98 valence electrons. The number of carbonyl (C=O) groups is 1. The maximum Gasteiger partial charge on any atom is 0.251 e. The normalized spacial score (nSPS) is 23.1. The molecule has 1 aliphatic carbocycles. The summed E-state index contributed by atoms with van der Waals surface area (Å²) in [7, 11) is 0. The molecule has 1 fully saturated rings. The number of hydrogen-bond acceptors (Lipinski definition) is 1. The summed E-state index contributed by atoms with van der Waals surface area (Å²) < 4.78 is 0. The van der Waals surface area contributed by atoms with Crippen LogP contribution >= 0.6 is 27.5 Å². The van der Waals surface area contributed by atoms with Crippen molar-refractivity contribution in [3.05, 3.63) is 34.3 Å². The molecule has 1 saturated carbocycles. The minimum Gasteiger partial charge on any atom is -0.352 e. The van der Waals surface area contributed by atoms with E-state index in [9.17, 15) is 4.79 Å². The van der Waals surface area contributed by atoms with Gasteiger partial charge in [0.15, 0.2) is 0 Å². The number of hydrogen-bond donors (Lipinski definition) is 1. The van der Waals surface area contributed by atoms with Gasteiger partial charge in [-0.25, -0.2) is 0 Å². The second-order valence-corrected chi connectivity index (χ2v) is 6.46. The van der Waals surface area contributed by atoms with Gasteiger partial charge in [-0.1, -0.05) is 40.0 Å². The Hall–Kier alpha value is -0.540. The standard InChI is InChI=1S/C14H17BrClNO/c1-9-5-6-10(7-13(9)16)14(18)17-8-11-3-2-4-12(11)15/h5-7,11-12H,2-4,8H2,1H3,(H,17,18). The fourth-order valence-electron chi connectivity index (χ4n) is 2.28. The van der Waals surface area contributed by atoms with Crippen LogP contribution in [0.5, 0.6) is 0 Å². The first-order valence-electron chi connectivity index (χ1n) is 6.26. The highest BCUT2D eigenvalue weighted by Gasteiger charge is 2.25. The minimum absolute atomic E-state index is 0.0384. The van der Waals surface area contributed by atoms with Crippen molar-refractivity contribution >= 4 is 33.4 Å². The Morgan fingerprint density at radius 2 is 2.28 bits per heavy atom. The van der Waals surface area contributed by atoms with Crippen LogP contribution in [-0.4, -0.2) is 17.3 Å². The van der Waals surface area contributed by atoms with Crippen LogP contribution in [0.1, 0.15) is 35.2 Å². The minimum atomic E-state index is -0.0384. The van der Waals surface area contributed by atoms with E-state index in [2.05, 4.69) is 21.2 Å². The zero-order valence-electron chi connectivity index (χ0n) is 10.4. The SMILES string of the molecule is Cc1ccc(C(=O)NCC2CCCC2Br)cc1Cl. The average molecular weight is 331 g/mol. The fourth-order valence-corrected chi connectivity index (χ4v) is 3.24. The number of carbonyl (C=O) groups excluding carboxylic acids is 1. The monoisotopic (exact) mass is 329 g/mol. The van der Waals surface area contributed by atoms with E-state index in [1.54, 1.807) is 6.07 Å². The summed E-state index contributed by atoms with van der Waals surface area (Å²) in [6.45, 7) is 2.66. The molecule has 0 bridgehead atoms. The van der Waals surface area contributed by atoms with Crippen LogP contribution in [-0.2, 0) is 0 Å². The van der Waals surface area contributed by atoms with Crippen LogP contribution in [0, 0.1) is 12.8 Å². The van der Waals surface area contributed by atoms with Gasteiger partial charge in [-0.3, -0.25) is 4.79 Å². The third kappa shape index (κ3) is 3.27. The van der Waals surface area contributed by atoms with E-state index in [4.69, 9.17) is 11.6 Å². The molecule has 4 heteroatoms. The van der Waals surface area contributed by atoms with Crippen LogP contribution in [0.3, 0.4) is 0 Å². The second-order valence-electron chi connectivity index (χ2n) is 4.88. The molecule has 2 nitrogen and oxygen atoms in total. The molecule has 18 heavy (non-hydrogen) atoms. The number of alkyl halides is 1. The Balaban J connectivity index is 1.93. The molecule has 0 aliphatic heterocycles. The van der Waals surface area contributed by atoms with Gasteiger partial charge in [0.25, 0.3) is 5.91 Å². The van der Waals surface area contributed by atoms with Crippen LogP contribution in [0.25, 0.3) is 0 Å². The van der Waals surface area contributed by atoms with Crippen molar-refractivity contribution in [2.45, 2.75) is 31.0 Å². The first kappa shape index (κ1) is 13.9. The molecular formula is C14H17BrClNO. The predicted octanol–water partition coefficient (Wildman–Crippen LogP) is 3.94. The molecule has 2 atom stereocenters. The van der Waals surface area contributed by atoms with Crippen LogP contribution in [0.4, 0.5) is 0 Å². The van der Waals surface area contributed by atoms with Gasteiger partial charge in [0.2, 0.25) is 0 Å². The van der Waals surface area contributed by atoms with E-state index in [1.165, 1.54) is 19.3 Å². The molecule has 0 heterocycles. The summed E-state index contributed by atoms with van der Waals surface area (Å²) in [5.41, 5.74) is 1.62. The summed E-state index contributed by atoms with van der Waals surface area (Å²) in [5, 5.41) is 3.63. The Morgan fingerprint density at radius 1 is 1.50 bits per heavy atom. The van der Waals surface area contributed by atoms with Gasteiger partial charge >= 0.3 is 0 Å². The zero-order valence-corrected chi connectivity index (χ0v) is 12.7. The van der Waals surface area contributed by atoms with Crippen molar-refractivity contribution in [3.8, 4) is 0 Å². The number of aryl methyl sites for hydroxylation is 1. The molecule has 1 aromatic carbocycles.